The van der Waals surface area contributed by atoms with Gasteiger partial charge in [-0.15, -0.1) is 0 Å². The predicted octanol–water partition coefficient (Wildman–Crippen LogP) is 4.89. The fraction of sp³-hybridized carbons (Fsp3) is 0.364. The summed E-state index contributed by atoms with van der Waals surface area (Å²) in [6.07, 6.45) is 0.214. The Balaban J connectivity index is 1.78. The zero-order valence-corrected chi connectivity index (χ0v) is 17.1. The van der Waals surface area contributed by atoms with Crippen LogP contribution in [-0.4, -0.2) is 34.5 Å². The van der Waals surface area contributed by atoms with Gasteiger partial charge in [-0.25, -0.2) is 0 Å². The van der Waals surface area contributed by atoms with Crippen LogP contribution in [-0.2, 0) is 14.3 Å². The Morgan fingerprint density at radius 2 is 1.79 bits per heavy atom. The lowest BCUT2D eigenvalue weighted by Crippen LogP contribution is -2.52. The van der Waals surface area contributed by atoms with E-state index in [0.29, 0.717) is 22.5 Å². The third-order valence-corrected chi connectivity index (χ3v) is 5.88. The van der Waals surface area contributed by atoms with Crippen molar-refractivity contribution in [1.29, 1.82) is 0 Å². The minimum absolute atomic E-state index is 0.280. The van der Waals surface area contributed by atoms with Crippen LogP contribution in [0.25, 0.3) is 0 Å². The fourth-order valence-corrected chi connectivity index (χ4v) is 4.16. The summed E-state index contributed by atoms with van der Waals surface area (Å²) in [4.78, 5) is 26.4. The lowest BCUT2D eigenvalue weighted by atomic mass is 9.91. The number of aliphatic carboxylic acids is 1. The van der Waals surface area contributed by atoms with Gasteiger partial charge in [-0.05, 0) is 54.2 Å². The summed E-state index contributed by atoms with van der Waals surface area (Å²) < 4.78 is 6.12. The van der Waals surface area contributed by atoms with Crippen LogP contribution in [0.5, 0.6) is 0 Å². The minimum atomic E-state index is -1.07. The van der Waals surface area contributed by atoms with Crippen molar-refractivity contribution in [2.45, 2.75) is 37.5 Å². The normalized spacial score (nSPS) is 24.6. The molecule has 2 aliphatic rings. The van der Waals surface area contributed by atoms with Crippen LogP contribution in [0.2, 0.25) is 10.0 Å². The second kappa shape index (κ2) is 8.34. The predicted molar refractivity (Wildman–Crippen MR) is 110 cm³/mol. The van der Waals surface area contributed by atoms with Gasteiger partial charge in [0, 0.05) is 16.6 Å². The average Bonchev–Trinajstić information content (AvgIpc) is 3.49. The van der Waals surface area contributed by atoms with Gasteiger partial charge in [0.25, 0.3) is 5.91 Å². The number of morpholine rings is 1. The molecule has 2 aromatic rings. The number of carboxylic acids is 1. The van der Waals surface area contributed by atoms with Crippen LogP contribution in [0, 0.1) is 5.92 Å². The topological polar surface area (TPSA) is 66.8 Å². The van der Waals surface area contributed by atoms with Gasteiger partial charge < -0.3 is 14.7 Å². The van der Waals surface area contributed by atoms with Crippen LogP contribution in [0.15, 0.2) is 48.5 Å². The molecular weight excluding hydrogens is 413 g/mol. The molecular formula is C22H21Cl2NO4. The van der Waals surface area contributed by atoms with Crippen molar-refractivity contribution >= 4 is 35.1 Å². The van der Waals surface area contributed by atoms with Gasteiger partial charge in [-0.3, -0.25) is 9.59 Å². The number of carbonyl (C=O) groups is 2. The van der Waals surface area contributed by atoms with Gasteiger partial charge in [0.1, 0.15) is 12.2 Å². The van der Waals surface area contributed by atoms with E-state index in [-0.39, 0.29) is 18.4 Å². The van der Waals surface area contributed by atoms with Gasteiger partial charge in [0.05, 0.1) is 12.5 Å². The lowest BCUT2D eigenvalue weighted by molar-refractivity contribution is -0.179. The van der Waals surface area contributed by atoms with Crippen molar-refractivity contribution in [1.82, 2.24) is 4.90 Å². The Labute approximate surface area is 179 Å². The summed E-state index contributed by atoms with van der Waals surface area (Å²) in [5.74, 6) is -0.903. The minimum Gasteiger partial charge on any atom is -0.481 e. The first-order valence-corrected chi connectivity index (χ1v) is 10.4. The molecule has 1 unspecified atom stereocenters. The van der Waals surface area contributed by atoms with Crippen molar-refractivity contribution in [3.05, 3.63) is 69.7 Å². The van der Waals surface area contributed by atoms with Crippen molar-refractivity contribution in [3.63, 3.8) is 0 Å². The van der Waals surface area contributed by atoms with E-state index in [0.717, 1.165) is 24.0 Å². The monoisotopic (exact) mass is 433 g/mol. The Kier molecular flexibility index (Phi) is 5.81. The molecule has 152 valence electrons. The van der Waals surface area contributed by atoms with Crippen LogP contribution in [0.3, 0.4) is 0 Å². The Bertz CT molecular complexity index is 913. The number of nitrogens with zero attached hydrogens (tertiary/aromatic N) is 1. The Hall–Kier alpha value is -2.08. The molecule has 2 fully saturated rings. The summed E-state index contributed by atoms with van der Waals surface area (Å²) in [5.41, 5.74) is 1.70. The number of ether oxygens (including phenoxy) is 1. The highest BCUT2D eigenvalue weighted by atomic mass is 35.5. The first kappa shape index (κ1) is 20.2. The Morgan fingerprint density at radius 1 is 1.07 bits per heavy atom. The van der Waals surface area contributed by atoms with E-state index in [1.165, 1.54) is 0 Å². The molecule has 1 N–H and O–H groups in total. The van der Waals surface area contributed by atoms with E-state index >= 15 is 0 Å². The van der Waals surface area contributed by atoms with Crippen LogP contribution in [0.1, 0.15) is 42.5 Å². The quantitative estimate of drug-likeness (QED) is 0.703. The molecule has 0 aromatic heterocycles. The molecule has 0 spiro atoms. The molecule has 1 aliphatic heterocycles. The van der Waals surface area contributed by atoms with Crippen molar-refractivity contribution < 1.29 is 19.4 Å². The summed E-state index contributed by atoms with van der Waals surface area (Å²) in [5, 5.41) is 10.5. The van der Waals surface area contributed by atoms with Crippen molar-refractivity contribution in [3.8, 4) is 0 Å². The van der Waals surface area contributed by atoms with E-state index in [1.807, 2.05) is 24.3 Å². The largest absolute Gasteiger partial charge is 0.481 e. The number of carboxylic acid groups (broad SMARTS) is 1. The maximum Gasteiger partial charge on any atom is 0.306 e. The molecule has 1 saturated heterocycles. The third kappa shape index (κ3) is 4.58. The molecule has 1 aliphatic carbocycles. The molecule has 1 heterocycles. The van der Waals surface area contributed by atoms with Gasteiger partial charge in [-0.2, -0.15) is 0 Å². The van der Waals surface area contributed by atoms with Gasteiger partial charge in [-0.1, -0.05) is 47.5 Å². The first-order chi connectivity index (χ1) is 13.9. The van der Waals surface area contributed by atoms with Crippen LogP contribution >= 0.6 is 23.2 Å². The molecule has 0 radical (unpaired) electrons. The fourth-order valence-electron chi connectivity index (χ4n) is 3.83. The van der Waals surface area contributed by atoms with Gasteiger partial charge >= 0.3 is 5.97 Å². The number of hydrogen-bond acceptors (Lipinski definition) is 3. The summed E-state index contributed by atoms with van der Waals surface area (Å²) in [7, 11) is 0. The van der Waals surface area contributed by atoms with Crippen LogP contribution in [0.4, 0.5) is 0 Å². The number of hydrogen-bond donors (Lipinski definition) is 1. The number of carbonyl (C=O) groups excluding carboxylic acids is 1. The average molecular weight is 434 g/mol. The molecule has 2 aromatic carbocycles. The summed E-state index contributed by atoms with van der Waals surface area (Å²) in [6, 6.07) is 14.3. The maximum absolute atomic E-state index is 13.2. The second-order valence-electron chi connectivity index (χ2n) is 7.63. The van der Waals surface area contributed by atoms with E-state index in [1.54, 1.807) is 29.2 Å². The van der Waals surface area contributed by atoms with Crippen molar-refractivity contribution in [2.24, 2.45) is 5.92 Å². The molecule has 3 atom stereocenters. The van der Waals surface area contributed by atoms with E-state index in [2.05, 4.69) is 0 Å². The first-order valence-electron chi connectivity index (χ1n) is 9.61. The Morgan fingerprint density at radius 3 is 2.41 bits per heavy atom. The van der Waals surface area contributed by atoms with Crippen LogP contribution < -0.4 is 0 Å². The standard InChI is InChI=1S/C22H21Cl2NO4/c23-16-8-6-14(7-9-16)20-21(15-2-1-3-17(24)10-15)29-18(11-19(26)27)22(28)25(20)12-13-4-5-13/h1-3,6-10,13,18,20-21H,4-5,11-12H2,(H,26,27)/t18-,20-,21?/m0/s1. The molecule has 4 rings (SSSR count). The summed E-state index contributed by atoms with van der Waals surface area (Å²) >= 11 is 12.3. The number of benzene rings is 2. The van der Waals surface area contributed by atoms with Crippen molar-refractivity contribution in [2.75, 3.05) is 6.54 Å². The van der Waals surface area contributed by atoms with E-state index in [9.17, 15) is 14.7 Å². The maximum atomic E-state index is 13.2. The van der Waals surface area contributed by atoms with Gasteiger partial charge in [0.15, 0.2) is 0 Å². The molecule has 7 heteroatoms. The molecule has 29 heavy (non-hydrogen) atoms. The zero-order valence-electron chi connectivity index (χ0n) is 15.6. The number of halogens is 2. The van der Waals surface area contributed by atoms with E-state index in [4.69, 9.17) is 27.9 Å². The smallest absolute Gasteiger partial charge is 0.306 e. The molecule has 1 amide bonds. The molecule has 1 saturated carbocycles. The number of amides is 1. The summed E-state index contributed by atoms with van der Waals surface area (Å²) in [6.45, 7) is 0.586. The lowest BCUT2D eigenvalue weighted by Gasteiger charge is -2.45. The van der Waals surface area contributed by atoms with Gasteiger partial charge in [0.2, 0.25) is 0 Å². The SMILES string of the molecule is O=C(O)C[C@@H]1OC(c2cccc(Cl)c2)[C@H](c2ccc(Cl)cc2)N(CC2CC2)C1=O. The highest BCUT2D eigenvalue weighted by molar-refractivity contribution is 6.30. The van der Waals surface area contributed by atoms with E-state index < -0.39 is 18.2 Å². The zero-order chi connectivity index (χ0) is 20.5. The highest BCUT2D eigenvalue weighted by Gasteiger charge is 2.46. The molecule has 5 nitrogen and oxygen atoms in total. The number of rotatable bonds is 6. The molecule has 0 bridgehead atoms. The highest BCUT2D eigenvalue weighted by Crippen LogP contribution is 2.45. The third-order valence-electron chi connectivity index (χ3n) is 5.39. The second-order valence-corrected chi connectivity index (χ2v) is 8.50.